The van der Waals surface area contributed by atoms with Crippen LogP contribution in [0.3, 0.4) is 0 Å². The molecule has 0 fully saturated rings. The van der Waals surface area contributed by atoms with Gasteiger partial charge in [-0.3, -0.25) is 9.36 Å². The average molecular weight is 302 g/mol. The maximum atomic E-state index is 12.3. The quantitative estimate of drug-likeness (QED) is 0.731. The third kappa shape index (κ3) is 2.20. The first-order valence-corrected chi connectivity index (χ1v) is 7.06. The molecule has 0 saturated heterocycles. The number of rotatable bonds is 2. The van der Waals surface area contributed by atoms with Crippen LogP contribution in [0, 0.1) is 11.3 Å². The van der Waals surface area contributed by atoms with Gasteiger partial charge in [-0.15, -0.1) is 11.3 Å². The fraction of sp³-hybridized carbons (Fsp3) is 0.0714. The van der Waals surface area contributed by atoms with Gasteiger partial charge in [-0.25, -0.2) is 4.98 Å². The van der Waals surface area contributed by atoms with E-state index >= 15 is 0 Å². The highest BCUT2D eigenvalue weighted by atomic mass is 35.5. The molecule has 1 aromatic carbocycles. The second-order valence-electron chi connectivity index (χ2n) is 4.23. The molecule has 4 nitrogen and oxygen atoms in total. The lowest BCUT2D eigenvalue weighted by Crippen LogP contribution is -2.20. The van der Waals surface area contributed by atoms with Crippen molar-refractivity contribution in [2.45, 2.75) is 6.54 Å². The van der Waals surface area contributed by atoms with E-state index in [0.29, 0.717) is 27.3 Å². The molecular weight excluding hydrogens is 294 g/mol. The zero-order chi connectivity index (χ0) is 14.1. The van der Waals surface area contributed by atoms with E-state index in [4.69, 9.17) is 16.9 Å². The molecule has 0 bridgehead atoms. The van der Waals surface area contributed by atoms with Crippen molar-refractivity contribution in [3.8, 4) is 6.07 Å². The summed E-state index contributed by atoms with van der Waals surface area (Å²) >= 11 is 7.50. The highest BCUT2D eigenvalue weighted by Crippen LogP contribution is 2.19. The Labute approximate surface area is 123 Å². The summed E-state index contributed by atoms with van der Waals surface area (Å²) < 4.78 is 2.16. The molecular formula is C14H8ClN3OS. The second kappa shape index (κ2) is 5.08. The van der Waals surface area contributed by atoms with Crippen LogP contribution in [-0.2, 0) is 6.54 Å². The lowest BCUT2D eigenvalue weighted by molar-refractivity contribution is 0.750. The van der Waals surface area contributed by atoms with Crippen LogP contribution in [0.4, 0.5) is 0 Å². The van der Waals surface area contributed by atoms with E-state index in [0.717, 1.165) is 5.56 Å². The predicted molar refractivity (Wildman–Crippen MR) is 79.1 cm³/mol. The van der Waals surface area contributed by atoms with Gasteiger partial charge in [0.1, 0.15) is 4.70 Å². The third-order valence-electron chi connectivity index (χ3n) is 2.96. The Bertz CT molecular complexity index is 891. The van der Waals surface area contributed by atoms with Gasteiger partial charge in [-0.2, -0.15) is 5.26 Å². The molecule has 20 heavy (non-hydrogen) atoms. The molecule has 0 atom stereocenters. The molecule has 0 spiro atoms. The van der Waals surface area contributed by atoms with Crippen molar-refractivity contribution in [2.24, 2.45) is 0 Å². The highest BCUT2D eigenvalue weighted by molar-refractivity contribution is 7.17. The molecule has 2 heterocycles. The van der Waals surface area contributed by atoms with E-state index in [1.54, 1.807) is 18.2 Å². The van der Waals surface area contributed by atoms with E-state index in [-0.39, 0.29) is 5.56 Å². The van der Waals surface area contributed by atoms with Crippen molar-refractivity contribution in [2.75, 3.05) is 0 Å². The molecule has 6 heteroatoms. The Morgan fingerprint density at radius 3 is 3.00 bits per heavy atom. The summed E-state index contributed by atoms with van der Waals surface area (Å²) in [5.74, 6) is 0. The molecule has 0 N–H and O–H groups in total. The molecule has 2 aromatic heterocycles. The number of hydrogen-bond acceptors (Lipinski definition) is 4. The smallest absolute Gasteiger partial charge is 0.271 e. The van der Waals surface area contributed by atoms with Crippen molar-refractivity contribution in [3.05, 3.63) is 62.5 Å². The molecule has 0 amide bonds. The first-order chi connectivity index (χ1) is 9.69. The lowest BCUT2D eigenvalue weighted by atomic mass is 10.1. The lowest BCUT2D eigenvalue weighted by Gasteiger charge is -2.07. The van der Waals surface area contributed by atoms with Gasteiger partial charge >= 0.3 is 0 Å². The third-order valence-corrected chi connectivity index (χ3v) is 4.20. The predicted octanol–water partition coefficient (Wildman–Crippen LogP) is 3.03. The monoisotopic (exact) mass is 301 g/mol. The Balaban J connectivity index is 2.03. The summed E-state index contributed by atoms with van der Waals surface area (Å²) in [6.07, 6.45) is 1.52. The van der Waals surface area contributed by atoms with Crippen LogP contribution in [-0.4, -0.2) is 9.55 Å². The maximum absolute atomic E-state index is 12.3. The van der Waals surface area contributed by atoms with Crippen LogP contribution in [0.25, 0.3) is 10.2 Å². The second-order valence-corrected chi connectivity index (χ2v) is 5.55. The number of nitrogens with zero attached hydrogens (tertiary/aromatic N) is 3. The van der Waals surface area contributed by atoms with Crippen LogP contribution in [0.15, 0.2) is 40.8 Å². The number of thiophene rings is 1. The summed E-state index contributed by atoms with van der Waals surface area (Å²) in [7, 11) is 0. The van der Waals surface area contributed by atoms with Crippen molar-refractivity contribution < 1.29 is 0 Å². The maximum Gasteiger partial charge on any atom is 0.271 e. The van der Waals surface area contributed by atoms with Gasteiger partial charge in [-0.05, 0) is 29.1 Å². The number of fused-ring (bicyclic) bond motifs is 1. The minimum Gasteiger partial charge on any atom is -0.293 e. The molecule has 98 valence electrons. The molecule has 3 aromatic rings. The zero-order valence-corrected chi connectivity index (χ0v) is 11.8. The highest BCUT2D eigenvalue weighted by Gasteiger charge is 2.08. The Morgan fingerprint density at radius 2 is 2.25 bits per heavy atom. The summed E-state index contributed by atoms with van der Waals surface area (Å²) in [6.45, 7) is 0.338. The molecule has 3 rings (SSSR count). The minimum atomic E-state index is -0.0783. The minimum absolute atomic E-state index is 0.0783. The fourth-order valence-corrected chi connectivity index (χ4v) is 2.95. The van der Waals surface area contributed by atoms with E-state index in [2.05, 4.69) is 4.98 Å². The van der Waals surface area contributed by atoms with Gasteiger partial charge in [-0.1, -0.05) is 17.7 Å². The molecule has 0 saturated carbocycles. The largest absolute Gasteiger partial charge is 0.293 e. The van der Waals surface area contributed by atoms with Crippen molar-refractivity contribution in [1.82, 2.24) is 9.55 Å². The van der Waals surface area contributed by atoms with Gasteiger partial charge in [0.2, 0.25) is 0 Å². The van der Waals surface area contributed by atoms with E-state index in [1.807, 2.05) is 17.5 Å². The Hall–Kier alpha value is -2.16. The summed E-state index contributed by atoms with van der Waals surface area (Å²) in [5.41, 5.74) is 1.91. The average Bonchev–Trinajstić information content (AvgIpc) is 2.93. The Morgan fingerprint density at radius 1 is 1.40 bits per heavy atom. The zero-order valence-electron chi connectivity index (χ0n) is 10.2. The molecule has 0 radical (unpaired) electrons. The number of benzene rings is 1. The van der Waals surface area contributed by atoms with Gasteiger partial charge in [0.05, 0.1) is 30.0 Å². The van der Waals surface area contributed by atoms with E-state index < -0.39 is 0 Å². The van der Waals surface area contributed by atoms with Gasteiger partial charge in [0.15, 0.2) is 0 Å². The van der Waals surface area contributed by atoms with E-state index in [1.165, 1.54) is 22.2 Å². The first kappa shape index (κ1) is 12.9. The summed E-state index contributed by atoms with van der Waals surface area (Å²) in [6, 6.07) is 8.88. The molecule has 0 aliphatic heterocycles. The van der Waals surface area contributed by atoms with E-state index in [9.17, 15) is 4.79 Å². The van der Waals surface area contributed by atoms with Crippen LogP contribution in [0.2, 0.25) is 5.02 Å². The normalized spacial score (nSPS) is 10.6. The van der Waals surface area contributed by atoms with Crippen LogP contribution in [0.5, 0.6) is 0 Å². The molecule has 0 aliphatic carbocycles. The van der Waals surface area contributed by atoms with Gasteiger partial charge in [0.25, 0.3) is 5.56 Å². The number of nitriles is 1. The van der Waals surface area contributed by atoms with Crippen LogP contribution < -0.4 is 5.56 Å². The van der Waals surface area contributed by atoms with Gasteiger partial charge < -0.3 is 0 Å². The molecule has 0 unspecified atom stereocenters. The first-order valence-electron chi connectivity index (χ1n) is 5.80. The SMILES string of the molecule is N#Cc1ccc(Cn2cnc3ccsc3c2=O)c(Cl)c1. The van der Waals surface area contributed by atoms with Crippen molar-refractivity contribution >= 4 is 33.2 Å². The van der Waals surface area contributed by atoms with Crippen LogP contribution in [0.1, 0.15) is 11.1 Å². The topological polar surface area (TPSA) is 58.7 Å². The van der Waals surface area contributed by atoms with Crippen molar-refractivity contribution in [3.63, 3.8) is 0 Å². The van der Waals surface area contributed by atoms with Gasteiger partial charge in [0, 0.05) is 5.02 Å². The van der Waals surface area contributed by atoms with Crippen molar-refractivity contribution in [1.29, 1.82) is 5.26 Å². The number of hydrogen-bond donors (Lipinski definition) is 0. The summed E-state index contributed by atoms with van der Waals surface area (Å²) in [5, 5.41) is 11.1. The fourth-order valence-electron chi connectivity index (χ4n) is 1.92. The number of halogens is 1. The van der Waals surface area contributed by atoms with Crippen LogP contribution >= 0.6 is 22.9 Å². The summed E-state index contributed by atoms with van der Waals surface area (Å²) in [4.78, 5) is 16.5. The number of aromatic nitrogens is 2. The standard InChI is InChI=1S/C14H8ClN3OS/c15-11-5-9(6-16)1-2-10(11)7-18-8-17-12-3-4-20-13(12)14(18)19/h1-5,8H,7H2. The molecule has 0 aliphatic rings. The Kier molecular flexibility index (Phi) is 3.26.